The Kier molecular flexibility index (Phi) is 3.98. The summed E-state index contributed by atoms with van der Waals surface area (Å²) in [5.41, 5.74) is 7.85. The molecule has 19 heavy (non-hydrogen) atoms. The van der Waals surface area contributed by atoms with Gasteiger partial charge in [-0.15, -0.1) is 6.58 Å². The molecule has 0 radical (unpaired) electrons. The zero-order valence-electron chi connectivity index (χ0n) is 10.6. The minimum atomic E-state index is -0.0848. The fourth-order valence-corrected chi connectivity index (χ4v) is 1.89. The van der Waals surface area contributed by atoms with Crippen molar-refractivity contribution < 1.29 is 4.79 Å². The molecule has 0 saturated carbocycles. The van der Waals surface area contributed by atoms with E-state index in [-0.39, 0.29) is 5.91 Å². The van der Waals surface area contributed by atoms with Crippen LogP contribution in [-0.4, -0.2) is 12.5 Å². The fraction of sp³-hybridized carbons (Fsp3) is 0.0625. The maximum absolute atomic E-state index is 12.5. The Morgan fingerprint density at radius 2 is 1.74 bits per heavy atom. The number of para-hydroxylation sites is 2. The molecule has 3 heteroatoms. The number of hydrogen-bond acceptors (Lipinski definition) is 2. The molecule has 2 aromatic rings. The third-order valence-corrected chi connectivity index (χ3v) is 2.81. The molecule has 0 heterocycles. The summed E-state index contributed by atoms with van der Waals surface area (Å²) in [7, 11) is 0. The van der Waals surface area contributed by atoms with Crippen molar-refractivity contribution in [2.24, 2.45) is 0 Å². The first-order valence-corrected chi connectivity index (χ1v) is 6.06. The smallest absolute Gasteiger partial charge is 0.258 e. The van der Waals surface area contributed by atoms with E-state index in [4.69, 9.17) is 5.73 Å². The lowest BCUT2D eigenvalue weighted by atomic mass is 10.1. The van der Waals surface area contributed by atoms with Crippen LogP contribution in [0.4, 0.5) is 11.4 Å². The average Bonchev–Trinajstić information content (AvgIpc) is 2.46. The van der Waals surface area contributed by atoms with Gasteiger partial charge in [-0.1, -0.05) is 36.4 Å². The zero-order chi connectivity index (χ0) is 13.7. The highest BCUT2D eigenvalue weighted by Crippen LogP contribution is 2.24. The van der Waals surface area contributed by atoms with Gasteiger partial charge in [0.05, 0.1) is 11.4 Å². The van der Waals surface area contributed by atoms with E-state index < -0.39 is 0 Å². The van der Waals surface area contributed by atoms with E-state index in [1.807, 2.05) is 36.4 Å². The standard InChI is InChI=1S/C16H16N2O/c1-2-12-18(15-11-7-6-10-14(15)17)16(19)13-8-4-3-5-9-13/h2-11H,1,12,17H2. The van der Waals surface area contributed by atoms with Crippen molar-refractivity contribution in [2.45, 2.75) is 0 Å². The van der Waals surface area contributed by atoms with E-state index in [1.54, 1.807) is 29.2 Å². The van der Waals surface area contributed by atoms with E-state index in [9.17, 15) is 4.79 Å². The number of carbonyl (C=O) groups is 1. The first-order valence-electron chi connectivity index (χ1n) is 6.06. The maximum Gasteiger partial charge on any atom is 0.258 e. The summed E-state index contributed by atoms with van der Waals surface area (Å²) in [6.45, 7) is 4.12. The molecular formula is C16H16N2O. The van der Waals surface area contributed by atoms with Crippen molar-refractivity contribution in [3.05, 3.63) is 72.8 Å². The topological polar surface area (TPSA) is 46.3 Å². The predicted octanol–water partition coefficient (Wildman–Crippen LogP) is 3.10. The highest BCUT2D eigenvalue weighted by atomic mass is 16.2. The number of amides is 1. The number of nitrogens with two attached hydrogens (primary N) is 1. The van der Waals surface area contributed by atoms with Crippen molar-refractivity contribution >= 4 is 17.3 Å². The summed E-state index contributed by atoms with van der Waals surface area (Å²) in [6, 6.07) is 16.5. The third-order valence-electron chi connectivity index (χ3n) is 2.81. The second-order valence-electron chi connectivity index (χ2n) is 4.13. The average molecular weight is 252 g/mol. The highest BCUT2D eigenvalue weighted by Gasteiger charge is 2.17. The first-order chi connectivity index (χ1) is 9.24. The molecule has 3 nitrogen and oxygen atoms in total. The van der Waals surface area contributed by atoms with Gasteiger partial charge in [-0.05, 0) is 24.3 Å². The second kappa shape index (κ2) is 5.87. The predicted molar refractivity (Wildman–Crippen MR) is 79.2 cm³/mol. The van der Waals surface area contributed by atoms with Crippen LogP contribution in [0.3, 0.4) is 0 Å². The van der Waals surface area contributed by atoms with E-state index >= 15 is 0 Å². The number of anilines is 2. The van der Waals surface area contributed by atoms with Crippen molar-refractivity contribution in [1.82, 2.24) is 0 Å². The molecule has 0 bridgehead atoms. The summed E-state index contributed by atoms with van der Waals surface area (Å²) in [4.78, 5) is 14.1. The third kappa shape index (κ3) is 2.83. The van der Waals surface area contributed by atoms with Gasteiger partial charge in [-0.3, -0.25) is 4.79 Å². The second-order valence-corrected chi connectivity index (χ2v) is 4.13. The molecular weight excluding hydrogens is 236 g/mol. The maximum atomic E-state index is 12.5. The van der Waals surface area contributed by atoms with E-state index in [1.165, 1.54) is 0 Å². The van der Waals surface area contributed by atoms with Crippen molar-refractivity contribution in [3.63, 3.8) is 0 Å². The number of benzene rings is 2. The molecule has 0 aliphatic heterocycles. The molecule has 2 aromatic carbocycles. The van der Waals surface area contributed by atoms with Gasteiger partial charge in [-0.25, -0.2) is 0 Å². The van der Waals surface area contributed by atoms with Gasteiger partial charge >= 0.3 is 0 Å². The Balaban J connectivity index is 2.39. The summed E-state index contributed by atoms with van der Waals surface area (Å²) in [5, 5.41) is 0. The van der Waals surface area contributed by atoms with Gasteiger partial charge < -0.3 is 10.6 Å². The number of rotatable bonds is 4. The van der Waals surface area contributed by atoms with Gasteiger partial charge in [0.2, 0.25) is 0 Å². The molecule has 0 spiro atoms. The van der Waals surface area contributed by atoms with Gasteiger partial charge in [0, 0.05) is 12.1 Å². The Hall–Kier alpha value is -2.55. The molecule has 96 valence electrons. The lowest BCUT2D eigenvalue weighted by molar-refractivity contribution is 0.0990. The Labute approximate surface area is 113 Å². The largest absolute Gasteiger partial charge is 0.397 e. The molecule has 0 atom stereocenters. The number of carbonyl (C=O) groups excluding carboxylic acids is 1. The van der Waals surface area contributed by atoms with E-state index in [2.05, 4.69) is 6.58 Å². The molecule has 0 unspecified atom stereocenters. The molecule has 2 rings (SSSR count). The fourth-order valence-electron chi connectivity index (χ4n) is 1.89. The Morgan fingerprint density at radius 1 is 1.11 bits per heavy atom. The molecule has 0 aliphatic carbocycles. The Morgan fingerprint density at radius 3 is 2.37 bits per heavy atom. The number of nitrogen functional groups attached to an aromatic ring is 1. The molecule has 0 saturated heterocycles. The summed E-state index contributed by atoms with van der Waals surface area (Å²) in [6.07, 6.45) is 1.69. The van der Waals surface area contributed by atoms with Crippen LogP contribution < -0.4 is 10.6 Å². The summed E-state index contributed by atoms with van der Waals surface area (Å²) < 4.78 is 0. The summed E-state index contributed by atoms with van der Waals surface area (Å²) in [5.74, 6) is -0.0848. The lowest BCUT2D eigenvalue weighted by Gasteiger charge is -2.22. The van der Waals surface area contributed by atoms with Crippen LogP contribution in [0.1, 0.15) is 10.4 Å². The minimum Gasteiger partial charge on any atom is -0.397 e. The van der Waals surface area contributed by atoms with Gasteiger partial charge in [-0.2, -0.15) is 0 Å². The SMILES string of the molecule is C=CCN(C(=O)c1ccccc1)c1ccccc1N. The summed E-state index contributed by atoms with van der Waals surface area (Å²) >= 11 is 0. The molecule has 1 amide bonds. The van der Waals surface area contributed by atoms with Crippen molar-refractivity contribution in [1.29, 1.82) is 0 Å². The number of hydrogen-bond donors (Lipinski definition) is 1. The van der Waals surface area contributed by atoms with Crippen LogP contribution in [0.2, 0.25) is 0 Å². The zero-order valence-corrected chi connectivity index (χ0v) is 10.6. The van der Waals surface area contributed by atoms with E-state index in [0.717, 1.165) is 0 Å². The van der Waals surface area contributed by atoms with E-state index in [0.29, 0.717) is 23.5 Å². The quantitative estimate of drug-likeness (QED) is 0.671. The van der Waals surface area contributed by atoms with Crippen LogP contribution in [0.15, 0.2) is 67.3 Å². The van der Waals surface area contributed by atoms with Crippen LogP contribution in [0.5, 0.6) is 0 Å². The van der Waals surface area contributed by atoms with Gasteiger partial charge in [0.15, 0.2) is 0 Å². The van der Waals surface area contributed by atoms with Gasteiger partial charge in [0.1, 0.15) is 0 Å². The molecule has 0 fully saturated rings. The van der Waals surface area contributed by atoms with Crippen LogP contribution >= 0.6 is 0 Å². The highest BCUT2D eigenvalue weighted by molar-refractivity contribution is 6.07. The lowest BCUT2D eigenvalue weighted by Crippen LogP contribution is -2.31. The normalized spacial score (nSPS) is 9.89. The van der Waals surface area contributed by atoms with Gasteiger partial charge in [0.25, 0.3) is 5.91 Å². The number of nitrogens with zero attached hydrogens (tertiary/aromatic N) is 1. The van der Waals surface area contributed by atoms with Crippen LogP contribution in [0.25, 0.3) is 0 Å². The molecule has 2 N–H and O–H groups in total. The van der Waals surface area contributed by atoms with Crippen molar-refractivity contribution in [3.8, 4) is 0 Å². The van der Waals surface area contributed by atoms with Crippen LogP contribution in [0, 0.1) is 0 Å². The van der Waals surface area contributed by atoms with Crippen molar-refractivity contribution in [2.75, 3.05) is 17.2 Å². The Bertz CT molecular complexity index is 578. The molecule has 0 aliphatic rings. The first kappa shape index (κ1) is 12.9. The monoisotopic (exact) mass is 252 g/mol. The van der Waals surface area contributed by atoms with Crippen LogP contribution in [-0.2, 0) is 0 Å². The molecule has 0 aromatic heterocycles. The minimum absolute atomic E-state index is 0.0848.